The van der Waals surface area contributed by atoms with Crippen LogP contribution in [0.1, 0.15) is 23.7 Å². The van der Waals surface area contributed by atoms with Crippen molar-refractivity contribution in [2.45, 2.75) is 13.3 Å². The Labute approximate surface area is 123 Å². The molecule has 1 amide bonds. The third-order valence-corrected chi connectivity index (χ3v) is 2.94. The van der Waals surface area contributed by atoms with Crippen LogP contribution < -0.4 is 10.1 Å². The summed E-state index contributed by atoms with van der Waals surface area (Å²) in [4.78, 5) is 12.0. The van der Waals surface area contributed by atoms with Gasteiger partial charge in [0.15, 0.2) is 0 Å². The highest BCUT2D eigenvalue weighted by molar-refractivity contribution is 6.30. The van der Waals surface area contributed by atoms with Crippen LogP contribution in [-0.2, 0) is 0 Å². The lowest BCUT2D eigenvalue weighted by Crippen LogP contribution is -2.11. The molecule has 20 heavy (non-hydrogen) atoms. The second-order valence-corrected chi connectivity index (χ2v) is 4.77. The first-order chi connectivity index (χ1) is 9.69. The summed E-state index contributed by atoms with van der Waals surface area (Å²) >= 11 is 5.80. The zero-order chi connectivity index (χ0) is 14.4. The van der Waals surface area contributed by atoms with Gasteiger partial charge in [0.25, 0.3) is 5.91 Å². The number of rotatable bonds is 5. The molecule has 104 valence electrons. The molecule has 0 spiro atoms. The Bertz CT molecular complexity index is 564. The molecule has 0 fully saturated rings. The van der Waals surface area contributed by atoms with Crippen LogP contribution in [0.2, 0.25) is 5.02 Å². The standard InChI is InChI=1S/C16H16ClNO2/c1-2-11-20-15-9-3-12(4-10-15)16(19)18-14-7-5-13(17)6-8-14/h3-10H,2,11H2,1H3,(H,18,19). The van der Waals surface area contributed by atoms with Crippen molar-refractivity contribution in [3.05, 3.63) is 59.1 Å². The van der Waals surface area contributed by atoms with Gasteiger partial charge in [0.05, 0.1) is 6.61 Å². The van der Waals surface area contributed by atoms with E-state index >= 15 is 0 Å². The third-order valence-electron chi connectivity index (χ3n) is 2.69. The number of carbonyl (C=O) groups is 1. The molecule has 0 aliphatic heterocycles. The number of nitrogens with one attached hydrogen (secondary N) is 1. The van der Waals surface area contributed by atoms with Gasteiger partial charge >= 0.3 is 0 Å². The SMILES string of the molecule is CCCOc1ccc(C(=O)Nc2ccc(Cl)cc2)cc1. The van der Waals surface area contributed by atoms with Gasteiger partial charge in [0.1, 0.15) is 5.75 Å². The van der Waals surface area contributed by atoms with Crippen LogP contribution >= 0.6 is 11.6 Å². The highest BCUT2D eigenvalue weighted by Gasteiger charge is 2.06. The maximum absolute atomic E-state index is 12.0. The molecule has 0 aliphatic rings. The average Bonchev–Trinajstić information content (AvgIpc) is 2.48. The minimum Gasteiger partial charge on any atom is -0.494 e. The first-order valence-electron chi connectivity index (χ1n) is 6.49. The fourth-order valence-electron chi connectivity index (χ4n) is 1.66. The number of benzene rings is 2. The fourth-order valence-corrected chi connectivity index (χ4v) is 1.78. The predicted octanol–water partition coefficient (Wildman–Crippen LogP) is 4.38. The molecule has 0 saturated carbocycles. The number of hydrogen-bond acceptors (Lipinski definition) is 2. The number of amides is 1. The lowest BCUT2D eigenvalue weighted by molar-refractivity contribution is 0.102. The van der Waals surface area contributed by atoms with E-state index in [1.54, 1.807) is 48.5 Å². The summed E-state index contributed by atoms with van der Waals surface area (Å²) in [6.07, 6.45) is 0.957. The summed E-state index contributed by atoms with van der Waals surface area (Å²) in [5.41, 5.74) is 1.30. The van der Waals surface area contributed by atoms with E-state index in [4.69, 9.17) is 16.3 Å². The van der Waals surface area contributed by atoms with Gasteiger partial charge in [0, 0.05) is 16.3 Å². The predicted molar refractivity (Wildman–Crippen MR) is 81.6 cm³/mol. The van der Waals surface area contributed by atoms with Crippen LogP contribution in [0, 0.1) is 0 Å². The summed E-state index contributed by atoms with van der Waals surface area (Å²) in [6, 6.07) is 14.1. The van der Waals surface area contributed by atoms with E-state index in [2.05, 4.69) is 5.32 Å². The van der Waals surface area contributed by atoms with Crippen molar-refractivity contribution in [3.8, 4) is 5.75 Å². The Morgan fingerprint density at radius 1 is 1.10 bits per heavy atom. The van der Waals surface area contributed by atoms with E-state index < -0.39 is 0 Å². The summed E-state index contributed by atoms with van der Waals surface area (Å²) in [5.74, 6) is 0.615. The zero-order valence-electron chi connectivity index (χ0n) is 11.2. The van der Waals surface area contributed by atoms with E-state index in [9.17, 15) is 4.79 Å². The smallest absolute Gasteiger partial charge is 0.255 e. The highest BCUT2D eigenvalue weighted by Crippen LogP contribution is 2.16. The van der Waals surface area contributed by atoms with Gasteiger partial charge in [-0.25, -0.2) is 0 Å². The number of ether oxygens (including phenoxy) is 1. The lowest BCUT2D eigenvalue weighted by atomic mass is 10.2. The average molecular weight is 290 g/mol. The van der Waals surface area contributed by atoms with E-state index in [0.717, 1.165) is 12.2 Å². The molecule has 2 aromatic rings. The van der Waals surface area contributed by atoms with E-state index in [0.29, 0.717) is 22.9 Å². The number of carbonyl (C=O) groups excluding carboxylic acids is 1. The van der Waals surface area contributed by atoms with Crippen LogP contribution in [-0.4, -0.2) is 12.5 Å². The van der Waals surface area contributed by atoms with Gasteiger partial charge in [-0.05, 0) is 55.0 Å². The van der Waals surface area contributed by atoms with Gasteiger partial charge in [-0.15, -0.1) is 0 Å². The van der Waals surface area contributed by atoms with Crippen LogP contribution in [0.5, 0.6) is 5.75 Å². The largest absolute Gasteiger partial charge is 0.494 e. The molecule has 0 atom stereocenters. The van der Waals surface area contributed by atoms with Crippen molar-refractivity contribution in [2.75, 3.05) is 11.9 Å². The van der Waals surface area contributed by atoms with Gasteiger partial charge in [-0.1, -0.05) is 18.5 Å². The molecule has 2 rings (SSSR count). The molecule has 4 heteroatoms. The van der Waals surface area contributed by atoms with Gasteiger partial charge in [0.2, 0.25) is 0 Å². The fraction of sp³-hybridized carbons (Fsp3) is 0.188. The number of hydrogen-bond donors (Lipinski definition) is 1. The molecule has 0 unspecified atom stereocenters. The molecule has 3 nitrogen and oxygen atoms in total. The van der Waals surface area contributed by atoms with Crippen molar-refractivity contribution < 1.29 is 9.53 Å². The quantitative estimate of drug-likeness (QED) is 0.887. The summed E-state index contributed by atoms with van der Waals surface area (Å²) in [5, 5.41) is 3.45. The third kappa shape index (κ3) is 4.00. The molecule has 0 saturated heterocycles. The number of halogens is 1. The second kappa shape index (κ2) is 6.96. The van der Waals surface area contributed by atoms with Crippen LogP contribution in [0.3, 0.4) is 0 Å². The molecule has 0 aliphatic carbocycles. The van der Waals surface area contributed by atoms with Gasteiger partial charge in [-0.2, -0.15) is 0 Å². The highest BCUT2D eigenvalue weighted by atomic mass is 35.5. The molecule has 2 aromatic carbocycles. The molecule has 0 aromatic heterocycles. The molecule has 0 radical (unpaired) electrons. The van der Waals surface area contributed by atoms with Gasteiger partial charge in [-0.3, -0.25) is 4.79 Å². The summed E-state index contributed by atoms with van der Waals surface area (Å²) in [7, 11) is 0. The van der Waals surface area contributed by atoms with Crippen molar-refractivity contribution in [1.82, 2.24) is 0 Å². The molecule has 0 heterocycles. The van der Waals surface area contributed by atoms with Crippen LogP contribution in [0.15, 0.2) is 48.5 Å². The lowest BCUT2D eigenvalue weighted by Gasteiger charge is -2.07. The maximum Gasteiger partial charge on any atom is 0.255 e. The molecule has 1 N–H and O–H groups in total. The van der Waals surface area contributed by atoms with Crippen molar-refractivity contribution >= 4 is 23.2 Å². The van der Waals surface area contributed by atoms with Crippen molar-refractivity contribution in [3.63, 3.8) is 0 Å². The van der Waals surface area contributed by atoms with E-state index in [1.165, 1.54) is 0 Å². The first-order valence-corrected chi connectivity index (χ1v) is 6.86. The maximum atomic E-state index is 12.0. The van der Waals surface area contributed by atoms with Crippen LogP contribution in [0.25, 0.3) is 0 Å². The number of anilines is 1. The van der Waals surface area contributed by atoms with E-state index in [-0.39, 0.29) is 5.91 Å². The Hall–Kier alpha value is -2.00. The van der Waals surface area contributed by atoms with Crippen LogP contribution in [0.4, 0.5) is 5.69 Å². The molecular formula is C16H16ClNO2. The summed E-state index contributed by atoms with van der Waals surface area (Å²) < 4.78 is 5.47. The zero-order valence-corrected chi connectivity index (χ0v) is 12.0. The Morgan fingerprint density at radius 2 is 1.75 bits per heavy atom. The second-order valence-electron chi connectivity index (χ2n) is 4.33. The molecular weight excluding hydrogens is 274 g/mol. The van der Waals surface area contributed by atoms with Gasteiger partial charge < -0.3 is 10.1 Å². The first kappa shape index (κ1) is 14.4. The monoisotopic (exact) mass is 289 g/mol. The Kier molecular flexibility index (Phi) is 5.02. The molecule has 0 bridgehead atoms. The minimum atomic E-state index is -0.158. The van der Waals surface area contributed by atoms with E-state index in [1.807, 2.05) is 6.92 Å². The van der Waals surface area contributed by atoms with Crippen molar-refractivity contribution in [2.24, 2.45) is 0 Å². The topological polar surface area (TPSA) is 38.3 Å². The minimum absolute atomic E-state index is 0.158. The Balaban J connectivity index is 2.00. The summed E-state index contributed by atoms with van der Waals surface area (Å²) in [6.45, 7) is 2.73. The Morgan fingerprint density at radius 3 is 2.35 bits per heavy atom. The van der Waals surface area contributed by atoms with Crippen molar-refractivity contribution in [1.29, 1.82) is 0 Å². The normalized spacial score (nSPS) is 10.1.